The normalized spacial score (nSPS) is 10.5. The first-order valence-corrected chi connectivity index (χ1v) is 6.72. The fourth-order valence-corrected chi connectivity index (χ4v) is 2.35. The van der Waals surface area contributed by atoms with Crippen molar-refractivity contribution in [1.82, 2.24) is 0 Å². The van der Waals surface area contributed by atoms with Crippen molar-refractivity contribution in [2.45, 2.75) is 6.54 Å². The lowest BCUT2D eigenvalue weighted by molar-refractivity contribution is 0.0694. The Labute approximate surface area is 127 Å². The van der Waals surface area contributed by atoms with Crippen LogP contribution in [0.4, 0.5) is 5.69 Å². The minimum atomic E-state index is -1.04. The van der Waals surface area contributed by atoms with Gasteiger partial charge < -0.3 is 14.8 Å². The molecule has 0 aliphatic heterocycles. The number of nitrogens with one attached hydrogen (secondary N) is 1. The molecular weight excluding hydrogens is 357 g/mol. The zero-order valence-corrected chi connectivity index (χ0v) is 12.5. The Bertz CT molecular complexity index is 627. The third-order valence-electron chi connectivity index (χ3n) is 2.45. The van der Waals surface area contributed by atoms with Crippen LogP contribution in [0.2, 0.25) is 10.0 Å². The second-order valence-corrected chi connectivity index (χ2v) is 5.25. The van der Waals surface area contributed by atoms with E-state index in [4.69, 9.17) is 32.7 Å². The molecule has 1 aromatic carbocycles. The molecule has 0 radical (unpaired) electrons. The van der Waals surface area contributed by atoms with Crippen molar-refractivity contribution in [1.29, 1.82) is 0 Å². The molecule has 1 heterocycles. The Morgan fingerprint density at radius 3 is 2.74 bits per heavy atom. The highest BCUT2D eigenvalue weighted by Crippen LogP contribution is 2.36. The van der Waals surface area contributed by atoms with Crippen LogP contribution in [0.15, 0.2) is 33.4 Å². The molecule has 1 aromatic heterocycles. The van der Waals surface area contributed by atoms with Gasteiger partial charge in [-0.05, 0) is 34.1 Å². The number of carbonyl (C=O) groups is 1. The van der Waals surface area contributed by atoms with Gasteiger partial charge in [-0.3, -0.25) is 0 Å². The predicted molar refractivity (Wildman–Crippen MR) is 77.2 cm³/mol. The Balaban J connectivity index is 2.17. The lowest BCUT2D eigenvalue weighted by atomic mass is 10.2. The third-order valence-corrected chi connectivity index (χ3v) is 4.22. The summed E-state index contributed by atoms with van der Waals surface area (Å²) in [6.07, 6.45) is 1.33. The van der Waals surface area contributed by atoms with Crippen molar-refractivity contribution >= 4 is 50.8 Å². The molecule has 2 aromatic rings. The quantitative estimate of drug-likeness (QED) is 0.774. The lowest BCUT2D eigenvalue weighted by Crippen LogP contribution is -2.05. The second kappa shape index (κ2) is 5.86. The zero-order chi connectivity index (χ0) is 14.0. The summed E-state index contributed by atoms with van der Waals surface area (Å²) in [5.41, 5.74) is 0.717. The van der Waals surface area contributed by atoms with E-state index in [0.29, 0.717) is 26.0 Å². The Morgan fingerprint density at radius 2 is 2.05 bits per heavy atom. The van der Waals surface area contributed by atoms with Crippen molar-refractivity contribution in [2.75, 3.05) is 5.32 Å². The van der Waals surface area contributed by atoms with Crippen LogP contribution in [0.3, 0.4) is 0 Å². The molecule has 7 heteroatoms. The molecule has 0 amide bonds. The number of anilines is 1. The first-order chi connectivity index (χ1) is 9.00. The number of hydrogen-bond acceptors (Lipinski definition) is 3. The first-order valence-electron chi connectivity index (χ1n) is 5.17. The van der Waals surface area contributed by atoms with E-state index in [9.17, 15) is 4.79 Å². The molecule has 0 spiro atoms. The van der Waals surface area contributed by atoms with E-state index in [1.54, 1.807) is 12.1 Å². The topological polar surface area (TPSA) is 62.5 Å². The average Bonchev–Trinajstić information content (AvgIpc) is 2.84. The van der Waals surface area contributed by atoms with E-state index >= 15 is 0 Å². The standard InChI is InChI=1S/C12H8BrCl2NO3/c13-7-1-2-8(11(15)10(7)14)16-5-9-6(12(17)18)3-4-19-9/h1-4,16H,5H2,(H,17,18). The SMILES string of the molecule is O=C(O)c1ccoc1CNc1ccc(Br)c(Cl)c1Cl. The van der Waals surface area contributed by atoms with Crippen LogP contribution in [0.1, 0.15) is 16.1 Å². The van der Waals surface area contributed by atoms with Gasteiger partial charge in [-0.1, -0.05) is 23.2 Å². The molecule has 0 aliphatic rings. The molecule has 0 aliphatic carbocycles. The second-order valence-electron chi connectivity index (χ2n) is 3.64. The molecular formula is C12H8BrCl2NO3. The van der Waals surface area contributed by atoms with Crippen molar-refractivity contribution < 1.29 is 14.3 Å². The summed E-state index contributed by atoms with van der Waals surface area (Å²) in [4.78, 5) is 10.9. The van der Waals surface area contributed by atoms with Gasteiger partial charge in [0.25, 0.3) is 0 Å². The van der Waals surface area contributed by atoms with Crippen LogP contribution in [-0.2, 0) is 6.54 Å². The number of benzene rings is 1. The van der Waals surface area contributed by atoms with E-state index in [2.05, 4.69) is 21.2 Å². The Hall–Kier alpha value is -1.17. The van der Waals surface area contributed by atoms with Crippen LogP contribution in [0, 0.1) is 0 Å². The number of hydrogen-bond donors (Lipinski definition) is 2. The van der Waals surface area contributed by atoms with E-state index in [0.717, 1.165) is 0 Å². The molecule has 0 fully saturated rings. The van der Waals surface area contributed by atoms with Gasteiger partial charge in [0.2, 0.25) is 0 Å². The van der Waals surface area contributed by atoms with Gasteiger partial charge in [-0.15, -0.1) is 0 Å². The number of halogens is 3. The zero-order valence-electron chi connectivity index (χ0n) is 9.41. The summed E-state index contributed by atoms with van der Waals surface area (Å²) >= 11 is 15.3. The molecule has 2 rings (SSSR count). The number of carboxylic acid groups (broad SMARTS) is 1. The smallest absolute Gasteiger partial charge is 0.339 e. The minimum Gasteiger partial charge on any atom is -0.478 e. The van der Waals surface area contributed by atoms with Crippen LogP contribution in [0.5, 0.6) is 0 Å². The molecule has 19 heavy (non-hydrogen) atoms. The molecule has 0 saturated heterocycles. The lowest BCUT2D eigenvalue weighted by Gasteiger charge is -2.09. The molecule has 4 nitrogen and oxygen atoms in total. The first kappa shape index (κ1) is 14.2. The van der Waals surface area contributed by atoms with Crippen LogP contribution >= 0.6 is 39.1 Å². The Morgan fingerprint density at radius 1 is 1.32 bits per heavy atom. The van der Waals surface area contributed by atoms with Crippen molar-refractivity contribution in [3.63, 3.8) is 0 Å². The van der Waals surface area contributed by atoms with Crippen molar-refractivity contribution in [3.05, 3.63) is 50.3 Å². The summed E-state index contributed by atoms with van der Waals surface area (Å²) in [6.45, 7) is 0.201. The largest absolute Gasteiger partial charge is 0.478 e. The molecule has 0 saturated carbocycles. The molecule has 0 bridgehead atoms. The fourth-order valence-electron chi connectivity index (χ4n) is 1.51. The van der Waals surface area contributed by atoms with E-state index in [-0.39, 0.29) is 12.1 Å². The number of aromatic carboxylic acids is 1. The van der Waals surface area contributed by atoms with Crippen molar-refractivity contribution in [2.24, 2.45) is 0 Å². The van der Waals surface area contributed by atoms with Gasteiger partial charge >= 0.3 is 5.97 Å². The van der Waals surface area contributed by atoms with Crippen molar-refractivity contribution in [3.8, 4) is 0 Å². The van der Waals surface area contributed by atoms with E-state index in [1.807, 2.05) is 0 Å². The monoisotopic (exact) mass is 363 g/mol. The van der Waals surface area contributed by atoms with Gasteiger partial charge in [0.1, 0.15) is 11.3 Å². The summed E-state index contributed by atoms with van der Waals surface area (Å²) < 4.78 is 5.80. The average molecular weight is 365 g/mol. The van der Waals surface area contributed by atoms with Crippen LogP contribution in [0.25, 0.3) is 0 Å². The van der Waals surface area contributed by atoms with Gasteiger partial charge in [-0.25, -0.2) is 4.79 Å². The van der Waals surface area contributed by atoms with Crippen LogP contribution < -0.4 is 5.32 Å². The molecule has 0 unspecified atom stereocenters. The summed E-state index contributed by atoms with van der Waals surface area (Å²) in [7, 11) is 0. The van der Waals surface area contributed by atoms with Gasteiger partial charge in [0.05, 0.1) is 28.5 Å². The highest BCUT2D eigenvalue weighted by atomic mass is 79.9. The number of rotatable bonds is 4. The van der Waals surface area contributed by atoms with Crippen LogP contribution in [-0.4, -0.2) is 11.1 Å². The molecule has 100 valence electrons. The number of carboxylic acids is 1. The van der Waals surface area contributed by atoms with E-state index < -0.39 is 5.97 Å². The fraction of sp³-hybridized carbons (Fsp3) is 0.0833. The van der Waals surface area contributed by atoms with Gasteiger partial charge in [0.15, 0.2) is 0 Å². The number of furan rings is 1. The maximum Gasteiger partial charge on any atom is 0.339 e. The van der Waals surface area contributed by atoms with E-state index in [1.165, 1.54) is 12.3 Å². The highest BCUT2D eigenvalue weighted by molar-refractivity contribution is 9.10. The summed E-state index contributed by atoms with van der Waals surface area (Å²) in [5.74, 6) is -0.715. The minimum absolute atomic E-state index is 0.117. The maximum atomic E-state index is 10.9. The molecule has 0 atom stereocenters. The van der Waals surface area contributed by atoms with Gasteiger partial charge in [0, 0.05) is 4.47 Å². The summed E-state index contributed by atoms with van der Waals surface area (Å²) in [5, 5.41) is 12.7. The molecule has 2 N–H and O–H groups in total. The maximum absolute atomic E-state index is 10.9. The predicted octanol–water partition coefficient (Wildman–Crippen LogP) is 4.66. The van der Waals surface area contributed by atoms with Gasteiger partial charge in [-0.2, -0.15) is 0 Å². The Kier molecular flexibility index (Phi) is 4.39. The highest BCUT2D eigenvalue weighted by Gasteiger charge is 2.14. The summed E-state index contributed by atoms with van der Waals surface area (Å²) in [6, 6.07) is 4.88. The third kappa shape index (κ3) is 3.05.